The van der Waals surface area contributed by atoms with Crippen molar-refractivity contribution in [3.8, 4) is 17.1 Å². The summed E-state index contributed by atoms with van der Waals surface area (Å²) >= 11 is 4.06. The Morgan fingerprint density at radius 2 is 1.28 bits per heavy atom. The number of nitrogens with two attached hydrogens (primary N) is 1. The average molecular weight is 1430 g/mol. The Hall–Kier alpha value is -7.21. The van der Waals surface area contributed by atoms with Crippen molar-refractivity contribution in [1.29, 1.82) is 0 Å². The van der Waals surface area contributed by atoms with Gasteiger partial charge in [-0.1, -0.05) is 50.6 Å². The van der Waals surface area contributed by atoms with Crippen LogP contribution in [0.4, 0.5) is 15.3 Å². The second kappa shape index (κ2) is 44.8. The van der Waals surface area contributed by atoms with Crippen LogP contribution < -0.4 is 47.9 Å². The topological polar surface area (TPSA) is 384 Å². The lowest BCUT2D eigenvalue weighted by atomic mass is 9.86. The molecule has 4 aromatic rings. The van der Waals surface area contributed by atoms with Crippen molar-refractivity contribution in [2.75, 3.05) is 156 Å². The van der Waals surface area contributed by atoms with Crippen molar-refractivity contribution in [3.63, 3.8) is 0 Å². The zero-order chi connectivity index (χ0) is 71.2. The van der Waals surface area contributed by atoms with Gasteiger partial charge in [0.15, 0.2) is 5.60 Å². The maximum atomic E-state index is 13.7. The van der Waals surface area contributed by atoms with Gasteiger partial charge in [0.1, 0.15) is 31.0 Å². The minimum Gasteiger partial charge on any atom is -0.494 e. The number of hydrogen-bond acceptors (Lipinski definition) is 24. The van der Waals surface area contributed by atoms with Crippen molar-refractivity contribution >= 4 is 80.8 Å². The third-order valence-corrected chi connectivity index (χ3v) is 16.6. The zero-order valence-electron chi connectivity index (χ0n) is 56.9. The number of aromatic nitrogens is 2. The van der Waals surface area contributed by atoms with Crippen molar-refractivity contribution in [1.82, 2.24) is 36.1 Å². The van der Waals surface area contributed by atoms with Gasteiger partial charge in [-0.2, -0.15) is 0 Å². The number of alkyl carbamates (subject to hydrolysis) is 1. The summed E-state index contributed by atoms with van der Waals surface area (Å²) in [7, 11) is 1.44. The molecule has 0 radical (unpaired) electrons. The van der Waals surface area contributed by atoms with Crippen LogP contribution in [-0.4, -0.2) is 219 Å². The summed E-state index contributed by atoms with van der Waals surface area (Å²) in [4.78, 5) is 108. The summed E-state index contributed by atoms with van der Waals surface area (Å²) in [6.07, 6.45) is 0.641. The number of primary amides is 1. The lowest BCUT2D eigenvalue weighted by Gasteiger charge is -2.31. The molecule has 2 aromatic heterocycles. The van der Waals surface area contributed by atoms with E-state index < -0.39 is 59.4 Å². The van der Waals surface area contributed by atoms with Crippen LogP contribution in [0.5, 0.6) is 5.75 Å². The second-order valence-electron chi connectivity index (χ2n) is 23.1. The van der Waals surface area contributed by atoms with E-state index in [9.17, 15) is 43.5 Å². The van der Waals surface area contributed by atoms with Crippen LogP contribution in [0.1, 0.15) is 87.6 Å². The zero-order valence-corrected chi connectivity index (χ0v) is 58.6. The minimum absolute atomic E-state index is 0.0348. The first-order valence-electron chi connectivity index (χ1n) is 33.4. The number of esters is 1. The molecule has 0 aliphatic carbocycles. The maximum Gasteiger partial charge on any atom is 0.407 e. The molecule has 2 aromatic carbocycles. The van der Waals surface area contributed by atoms with Gasteiger partial charge in [-0.3, -0.25) is 24.0 Å². The normalized spacial score (nSPS) is 14.4. The van der Waals surface area contributed by atoms with Crippen LogP contribution in [0.15, 0.2) is 53.3 Å². The molecule has 4 heterocycles. The summed E-state index contributed by atoms with van der Waals surface area (Å²) in [6.45, 7) is 14.9. The van der Waals surface area contributed by atoms with Gasteiger partial charge in [-0.15, -0.1) is 11.7 Å². The lowest BCUT2D eigenvalue weighted by Crippen LogP contribution is -2.54. The largest absolute Gasteiger partial charge is 0.494 e. The van der Waals surface area contributed by atoms with Crippen molar-refractivity contribution in [2.24, 2.45) is 11.7 Å². The second-order valence-corrected chi connectivity index (χ2v) is 24.5. The Kier molecular flexibility index (Phi) is 36.6. The predicted octanol–water partition coefficient (Wildman–Crippen LogP) is 3.58. The number of amides is 7. The molecule has 0 fully saturated rings. The summed E-state index contributed by atoms with van der Waals surface area (Å²) in [5, 5.41) is 28.0. The van der Waals surface area contributed by atoms with Crippen molar-refractivity contribution < 1.29 is 95.5 Å². The van der Waals surface area contributed by atoms with E-state index in [1.807, 2.05) is 19.1 Å². The molecule has 30 nitrogen and oxygen atoms in total. The number of aliphatic hydroxyl groups is 1. The smallest absolute Gasteiger partial charge is 0.407 e. The lowest BCUT2D eigenvalue weighted by molar-refractivity contribution is -0.172. The SMILES string of the molecule is CCc1c2c(nc3ccc(OCCCNC(=O)CNC(=O)OCc4ccc(NC(=O)[C@H](CCCNC(N)=O)NC(=O)[C@@H](NC(=O)CCOCCOCCOCCOCCOCCOCCOCCOCCOCCSS)C(C)C)cc4)cc13)-c1cc3c(c(=O)n1C2)COC(=O)[C@]3(O)CC. The van der Waals surface area contributed by atoms with Gasteiger partial charge in [-0.05, 0) is 85.5 Å². The number of urea groups is 1. The van der Waals surface area contributed by atoms with E-state index in [2.05, 4.69) is 43.6 Å². The number of ether oxygens (including phenoxy) is 12. The molecular weight excluding hydrogens is 1330 g/mol. The molecule has 9 N–H and O–H groups in total. The number of nitrogens with one attached hydrogen (secondary N) is 6. The minimum atomic E-state index is -1.92. The number of nitrogens with zero attached hydrogens (tertiary/aromatic N) is 2. The fourth-order valence-corrected chi connectivity index (χ4v) is 10.8. The van der Waals surface area contributed by atoms with Gasteiger partial charge < -0.3 is 104 Å². The Bertz CT molecular complexity index is 3280. The van der Waals surface area contributed by atoms with Gasteiger partial charge in [0, 0.05) is 47.5 Å². The molecule has 6 rings (SSSR count). The van der Waals surface area contributed by atoms with Gasteiger partial charge in [0.2, 0.25) is 23.6 Å². The fraction of sp³-hybridized carbons (Fsp3) is 0.597. The number of aryl methyl sites for hydroxylation is 1. The summed E-state index contributed by atoms with van der Waals surface area (Å²) in [6, 6.07) is 10.8. The molecule has 3 atom stereocenters. The van der Waals surface area contributed by atoms with Crippen LogP contribution in [-0.2, 0) is 108 Å². The molecular formula is C67H97N9O21S2. The first-order chi connectivity index (χ1) is 48.0. The molecule has 7 amide bonds. The number of carbonyl (C=O) groups is 7. The summed E-state index contributed by atoms with van der Waals surface area (Å²) in [5.41, 5.74) is 8.12. The molecule has 548 valence electrons. The number of benzene rings is 2. The number of thiol groups is 1. The molecule has 0 saturated heterocycles. The standard InChI is InChI=1S/C67H97N9O21S2/c1-5-49-50-39-48(14-15-54(50)73-60-51(49)42-76-56(60)40-53-52(63(76)81)44-96-64(82)67(53,85)6-2)95-19-8-18-69-58(78)41-71-66(84)97-43-46-10-12-47(13-11-46)72-61(79)55(9-7-17-70-65(68)83)74-62(80)59(45(3)4)75-57(77)16-20-86-21-22-87-23-24-88-25-26-89-27-28-90-29-30-91-31-32-92-33-34-93-35-36-94-37-38-99-98/h10-15,39-40,45,55,59,85,98H,5-9,16-38,41-44H2,1-4H3,(H,69,78)(H,71,84)(H,72,79)(H,74,80)(H,75,77)(H3,68,70,83)/t55-,59-,67-/m0/s1. The number of cyclic esters (lactones) is 1. The first kappa shape index (κ1) is 80.8. The van der Waals surface area contributed by atoms with Gasteiger partial charge in [0.25, 0.3) is 5.56 Å². The number of rotatable bonds is 51. The van der Waals surface area contributed by atoms with Crippen LogP contribution >= 0.6 is 22.5 Å². The molecule has 0 unspecified atom stereocenters. The van der Waals surface area contributed by atoms with Crippen molar-refractivity contribution in [3.05, 3.63) is 86.7 Å². The van der Waals surface area contributed by atoms with Crippen LogP contribution in [0, 0.1) is 5.92 Å². The molecule has 0 spiro atoms. The number of anilines is 1. The highest BCUT2D eigenvalue weighted by atomic mass is 33.1. The van der Waals surface area contributed by atoms with Crippen LogP contribution in [0.3, 0.4) is 0 Å². The van der Waals surface area contributed by atoms with E-state index in [4.69, 9.17) is 67.6 Å². The highest BCUT2D eigenvalue weighted by Crippen LogP contribution is 2.41. The van der Waals surface area contributed by atoms with E-state index in [0.29, 0.717) is 146 Å². The molecule has 0 bridgehead atoms. The third-order valence-electron chi connectivity index (χ3n) is 15.7. The van der Waals surface area contributed by atoms with Gasteiger partial charge >= 0.3 is 18.1 Å². The molecule has 99 heavy (non-hydrogen) atoms. The molecule has 0 saturated carbocycles. The molecule has 2 aliphatic heterocycles. The Morgan fingerprint density at radius 3 is 1.85 bits per heavy atom. The Balaban J connectivity index is 0.796. The highest BCUT2D eigenvalue weighted by Gasteiger charge is 2.45. The average Bonchev–Trinajstić information content (AvgIpc) is 1.62. The van der Waals surface area contributed by atoms with E-state index in [1.54, 1.807) is 61.7 Å². The quantitative estimate of drug-likeness (QED) is 0.0116. The fourth-order valence-electron chi connectivity index (χ4n) is 10.4. The highest BCUT2D eigenvalue weighted by molar-refractivity contribution is 8.68. The third kappa shape index (κ3) is 27.3. The molecule has 32 heteroatoms. The van der Waals surface area contributed by atoms with E-state index in [1.165, 1.54) is 10.8 Å². The Labute approximate surface area is 585 Å². The number of pyridine rings is 2. The van der Waals surface area contributed by atoms with Gasteiger partial charge in [-0.25, -0.2) is 19.4 Å². The van der Waals surface area contributed by atoms with E-state index >= 15 is 0 Å². The summed E-state index contributed by atoms with van der Waals surface area (Å²) < 4.78 is 67.6. The molecule has 2 aliphatic rings. The maximum absolute atomic E-state index is 13.7. The monoisotopic (exact) mass is 1430 g/mol. The van der Waals surface area contributed by atoms with Crippen LogP contribution in [0.2, 0.25) is 0 Å². The Morgan fingerprint density at radius 1 is 0.697 bits per heavy atom. The summed E-state index contributed by atoms with van der Waals surface area (Å²) in [5.74, 6) is -1.75. The van der Waals surface area contributed by atoms with E-state index in [-0.39, 0.29) is 114 Å². The van der Waals surface area contributed by atoms with E-state index in [0.717, 1.165) is 22.3 Å². The first-order valence-corrected chi connectivity index (χ1v) is 35.4. The van der Waals surface area contributed by atoms with Crippen LogP contribution in [0.25, 0.3) is 22.3 Å². The van der Waals surface area contributed by atoms with Gasteiger partial charge in [0.05, 0.1) is 161 Å². The predicted molar refractivity (Wildman–Crippen MR) is 369 cm³/mol. The number of hydrogen-bond donors (Lipinski definition) is 9. The number of carbonyl (C=O) groups excluding carboxylic acids is 7. The van der Waals surface area contributed by atoms with Crippen molar-refractivity contribution in [2.45, 2.75) is 104 Å². The number of fused-ring (bicyclic) bond motifs is 5.